The zero-order valence-corrected chi connectivity index (χ0v) is 13.0. The highest BCUT2D eigenvalue weighted by atomic mass is 16.5. The first-order valence-electron chi connectivity index (χ1n) is 7.91. The highest BCUT2D eigenvalue weighted by molar-refractivity contribution is 5.78. The van der Waals surface area contributed by atoms with Crippen LogP contribution in [-0.2, 0) is 11.2 Å². The fraction of sp³-hybridized carbons (Fsp3) is 0.611. The molecule has 0 radical (unpaired) electrons. The van der Waals surface area contributed by atoms with Gasteiger partial charge in [0.05, 0.1) is 7.11 Å². The lowest BCUT2D eigenvalue weighted by atomic mass is 10.0. The SMILES string of the molecule is CCCCCCCCC(=O)CCc1ccc(OC)cc1. The Morgan fingerprint density at radius 3 is 2.25 bits per heavy atom. The predicted molar refractivity (Wildman–Crippen MR) is 84.3 cm³/mol. The fourth-order valence-corrected chi connectivity index (χ4v) is 2.30. The molecule has 112 valence electrons. The standard InChI is InChI=1S/C18H28O2/c1-3-4-5-6-7-8-9-17(19)13-10-16-11-14-18(20-2)15-12-16/h11-12,14-15H,3-10,13H2,1-2H3. The van der Waals surface area contributed by atoms with Gasteiger partial charge in [-0.05, 0) is 30.5 Å². The quantitative estimate of drug-likeness (QED) is 0.535. The van der Waals surface area contributed by atoms with Crippen LogP contribution in [0.1, 0.15) is 63.9 Å². The zero-order chi connectivity index (χ0) is 14.6. The number of ketones is 1. The van der Waals surface area contributed by atoms with Crippen LogP contribution in [0, 0.1) is 0 Å². The largest absolute Gasteiger partial charge is 0.497 e. The Hall–Kier alpha value is -1.31. The summed E-state index contributed by atoms with van der Waals surface area (Å²) in [6, 6.07) is 7.98. The normalized spacial score (nSPS) is 10.5. The second kappa shape index (κ2) is 10.5. The van der Waals surface area contributed by atoms with E-state index in [2.05, 4.69) is 6.92 Å². The highest BCUT2D eigenvalue weighted by Crippen LogP contribution is 2.14. The topological polar surface area (TPSA) is 26.3 Å². The van der Waals surface area contributed by atoms with Crippen LogP contribution >= 0.6 is 0 Å². The average Bonchev–Trinajstić information content (AvgIpc) is 2.49. The van der Waals surface area contributed by atoms with E-state index in [1.54, 1.807) is 7.11 Å². The number of rotatable bonds is 11. The molecule has 2 heteroatoms. The van der Waals surface area contributed by atoms with Gasteiger partial charge >= 0.3 is 0 Å². The molecule has 0 amide bonds. The summed E-state index contributed by atoms with van der Waals surface area (Å²) in [5.41, 5.74) is 1.21. The second-order valence-corrected chi connectivity index (χ2v) is 5.40. The summed E-state index contributed by atoms with van der Waals surface area (Å²) in [5, 5.41) is 0. The van der Waals surface area contributed by atoms with Gasteiger partial charge < -0.3 is 4.74 Å². The summed E-state index contributed by atoms with van der Waals surface area (Å²) < 4.78 is 5.12. The molecule has 0 heterocycles. The number of hydrogen-bond donors (Lipinski definition) is 0. The van der Waals surface area contributed by atoms with Crippen molar-refractivity contribution in [2.75, 3.05) is 7.11 Å². The van der Waals surface area contributed by atoms with Crippen LogP contribution in [0.25, 0.3) is 0 Å². The minimum atomic E-state index is 0.399. The van der Waals surface area contributed by atoms with Crippen molar-refractivity contribution in [3.8, 4) is 5.75 Å². The molecule has 0 bridgehead atoms. The van der Waals surface area contributed by atoms with Crippen LogP contribution in [0.4, 0.5) is 0 Å². The van der Waals surface area contributed by atoms with E-state index >= 15 is 0 Å². The van der Waals surface area contributed by atoms with E-state index < -0.39 is 0 Å². The number of benzene rings is 1. The molecule has 1 rings (SSSR count). The van der Waals surface area contributed by atoms with Crippen LogP contribution in [0.5, 0.6) is 5.75 Å². The third kappa shape index (κ3) is 7.32. The van der Waals surface area contributed by atoms with Gasteiger partial charge in [-0.3, -0.25) is 4.79 Å². The Balaban J connectivity index is 2.10. The molecule has 0 unspecified atom stereocenters. The first kappa shape index (κ1) is 16.7. The van der Waals surface area contributed by atoms with E-state index in [9.17, 15) is 4.79 Å². The van der Waals surface area contributed by atoms with Gasteiger partial charge in [-0.25, -0.2) is 0 Å². The van der Waals surface area contributed by atoms with Gasteiger partial charge in [-0.2, -0.15) is 0 Å². The average molecular weight is 276 g/mol. The van der Waals surface area contributed by atoms with Gasteiger partial charge in [0, 0.05) is 12.8 Å². The number of methoxy groups -OCH3 is 1. The van der Waals surface area contributed by atoms with E-state index in [1.807, 2.05) is 24.3 Å². The van der Waals surface area contributed by atoms with Gasteiger partial charge in [-0.1, -0.05) is 51.2 Å². The molecule has 0 atom stereocenters. The number of hydrogen-bond acceptors (Lipinski definition) is 2. The third-order valence-corrected chi connectivity index (χ3v) is 3.66. The van der Waals surface area contributed by atoms with Gasteiger partial charge in [-0.15, -0.1) is 0 Å². The summed E-state index contributed by atoms with van der Waals surface area (Å²) >= 11 is 0. The number of Topliss-reactive ketones (excluding diaryl/α,β-unsaturated/α-hetero) is 1. The number of carbonyl (C=O) groups excluding carboxylic acids is 1. The number of carbonyl (C=O) groups is 1. The van der Waals surface area contributed by atoms with Crippen molar-refractivity contribution in [2.45, 2.75) is 64.7 Å². The lowest BCUT2D eigenvalue weighted by Crippen LogP contribution is -2.00. The first-order chi connectivity index (χ1) is 9.76. The summed E-state index contributed by atoms with van der Waals surface area (Å²) in [7, 11) is 1.67. The molecule has 0 aromatic heterocycles. The highest BCUT2D eigenvalue weighted by Gasteiger charge is 2.03. The summed E-state index contributed by atoms with van der Waals surface area (Å²) in [5.74, 6) is 1.27. The van der Waals surface area contributed by atoms with E-state index in [4.69, 9.17) is 4.74 Å². The van der Waals surface area contributed by atoms with Gasteiger partial charge in [0.2, 0.25) is 0 Å². The van der Waals surface area contributed by atoms with E-state index in [1.165, 1.54) is 37.7 Å². The van der Waals surface area contributed by atoms with Gasteiger partial charge in [0.1, 0.15) is 11.5 Å². The van der Waals surface area contributed by atoms with Gasteiger partial charge in [0.15, 0.2) is 0 Å². The molecular formula is C18H28O2. The molecule has 1 aromatic rings. The molecule has 0 fully saturated rings. The number of unbranched alkanes of at least 4 members (excludes halogenated alkanes) is 5. The molecule has 0 aliphatic carbocycles. The lowest BCUT2D eigenvalue weighted by Gasteiger charge is -2.04. The molecular weight excluding hydrogens is 248 g/mol. The maximum absolute atomic E-state index is 11.8. The van der Waals surface area contributed by atoms with Crippen LogP contribution < -0.4 is 4.74 Å². The van der Waals surface area contributed by atoms with Crippen LogP contribution in [0.2, 0.25) is 0 Å². The van der Waals surface area contributed by atoms with Crippen molar-refractivity contribution in [3.05, 3.63) is 29.8 Å². The van der Waals surface area contributed by atoms with Crippen molar-refractivity contribution in [1.29, 1.82) is 0 Å². The van der Waals surface area contributed by atoms with Crippen molar-refractivity contribution >= 4 is 5.78 Å². The Labute approximate surface area is 123 Å². The van der Waals surface area contributed by atoms with Crippen LogP contribution in [0.3, 0.4) is 0 Å². The number of aryl methyl sites for hydroxylation is 1. The van der Waals surface area contributed by atoms with Gasteiger partial charge in [0.25, 0.3) is 0 Å². The fourth-order valence-electron chi connectivity index (χ4n) is 2.30. The molecule has 1 aromatic carbocycles. The Kier molecular flexibility index (Phi) is 8.77. The molecule has 0 aliphatic rings. The van der Waals surface area contributed by atoms with Crippen molar-refractivity contribution < 1.29 is 9.53 Å². The molecule has 0 saturated heterocycles. The zero-order valence-electron chi connectivity index (χ0n) is 13.0. The molecule has 0 saturated carbocycles. The van der Waals surface area contributed by atoms with E-state index in [0.29, 0.717) is 12.2 Å². The van der Waals surface area contributed by atoms with Crippen molar-refractivity contribution in [2.24, 2.45) is 0 Å². The first-order valence-corrected chi connectivity index (χ1v) is 7.91. The maximum atomic E-state index is 11.8. The monoisotopic (exact) mass is 276 g/mol. The van der Waals surface area contributed by atoms with Crippen molar-refractivity contribution in [1.82, 2.24) is 0 Å². The smallest absolute Gasteiger partial charge is 0.133 e. The summed E-state index contributed by atoms with van der Waals surface area (Å²) in [6.07, 6.45) is 9.73. The lowest BCUT2D eigenvalue weighted by molar-refractivity contribution is -0.119. The Bertz CT molecular complexity index is 368. The third-order valence-electron chi connectivity index (χ3n) is 3.66. The molecule has 0 spiro atoms. The Morgan fingerprint density at radius 1 is 0.950 bits per heavy atom. The minimum absolute atomic E-state index is 0.399. The van der Waals surface area contributed by atoms with Crippen LogP contribution in [0.15, 0.2) is 24.3 Å². The molecule has 2 nitrogen and oxygen atoms in total. The number of ether oxygens (including phenoxy) is 1. The summed E-state index contributed by atoms with van der Waals surface area (Å²) in [4.78, 5) is 11.8. The predicted octanol–water partition coefficient (Wildman–Crippen LogP) is 4.95. The van der Waals surface area contributed by atoms with E-state index in [-0.39, 0.29) is 0 Å². The van der Waals surface area contributed by atoms with Crippen LogP contribution in [-0.4, -0.2) is 12.9 Å². The maximum Gasteiger partial charge on any atom is 0.133 e. The molecule has 0 N–H and O–H groups in total. The molecule has 20 heavy (non-hydrogen) atoms. The minimum Gasteiger partial charge on any atom is -0.497 e. The molecule has 0 aliphatic heterocycles. The summed E-state index contributed by atoms with van der Waals surface area (Å²) in [6.45, 7) is 2.22. The second-order valence-electron chi connectivity index (χ2n) is 5.40. The Morgan fingerprint density at radius 2 is 1.60 bits per heavy atom. The van der Waals surface area contributed by atoms with E-state index in [0.717, 1.165) is 25.0 Å². The van der Waals surface area contributed by atoms with Crippen molar-refractivity contribution in [3.63, 3.8) is 0 Å².